The molecule has 0 radical (unpaired) electrons. The molecule has 0 spiro atoms. The van der Waals surface area contributed by atoms with Gasteiger partial charge in [-0.05, 0) is 12.8 Å². The standard InChI is InChI=1S/C14H24N4S/c1-4-6-15-12-10-13(17-11-16-12)18-7-5-14(2,3)19-9-8-18/h10-11H,4-9H2,1-3H3,(H,15,16,17). The highest BCUT2D eigenvalue weighted by Gasteiger charge is 2.24. The fourth-order valence-corrected chi connectivity index (χ4v) is 3.22. The molecule has 0 aromatic carbocycles. The van der Waals surface area contributed by atoms with Gasteiger partial charge >= 0.3 is 0 Å². The molecule has 0 unspecified atom stereocenters. The van der Waals surface area contributed by atoms with E-state index in [2.05, 4.69) is 58.8 Å². The van der Waals surface area contributed by atoms with Crippen LogP contribution in [0.25, 0.3) is 0 Å². The predicted molar refractivity (Wildman–Crippen MR) is 84.2 cm³/mol. The van der Waals surface area contributed by atoms with Crippen molar-refractivity contribution in [3.63, 3.8) is 0 Å². The molecule has 5 heteroatoms. The summed E-state index contributed by atoms with van der Waals surface area (Å²) < 4.78 is 0.380. The topological polar surface area (TPSA) is 41.0 Å². The highest BCUT2D eigenvalue weighted by Crippen LogP contribution is 2.31. The Morgan fingerprint density at radius 3 is 3.00 bits per heavy atom. The summed E-state index contributed by atoms with van der Waals surface area (Å²) in [6, 6.07) is 2.07. The maximum Gasteiger partial charge on any atom is 0.134 e. The van der Waals surface area contributed by atoms with E-state index in [1.807, 2.05) is 0 Å². The molecule has 1 aromatic heterocycles. The molecular formula is C14H24N4S. The Labute approximate surface area is 120 Å². The predicted octanol–water partition coefficient (Wildman–Crippen LogP) is 3.02. The monoisotopic (exact) mass is 280 g/mol. The molecule has 1 aliphatic heterocycles. The molecule has 0 atom stereocenters. The van der Waals surface area contributed by atoms with E-state index in [0.717, 1.165) is 43.4 Å². The fourth-order valence-electron chi connectivity index (χ4n) is 2.12. The molecule has 0 bridgehead atoms. The second kappa shape index (κ2) is 6.46. The van der Waals surface area contributed by atoms with Crippen LogP contribution in [0, 0.1) is 0 Å². The van der Waals surface area contributed by atoms with Crippen molar-refractivity contribution in [1.29, 1.82) is 0 Å². The van der Waals surface area contributed by atoms with Crippen molar-refractivity contribution in [2.45, 2.75) is 38.4 Å². The molecule has 0 amide bonds. The lowest BCUT2D eigenvalue weighted by molar-refractivity contribution is 0.635. The van der Waals surface area contributed by atoms with Crippen molar-refractivity contribution in [3.8, 4) is 0 Å². The van der Waals surface area contributed by atoms with E-state index in [1.54, 1.807) is 6.33 Å². The van der Waals surface area contributed by atoms with Crippen molar-refractivity contribution in [2.24, 2.45) is 0 Å². The SMILES string of the molecule is CCCNc1cc(N2CCSC(C)(C)CC2)ncn1. The van der Waals surface area contributed by atoms with Crippen molar-refractivity contribution in [2.75, 3.05) is 35.6 Å². The van der Waals surface area contributed by atoms with Crippen LogP contribution in [0.4, 0.5) is 11.6 Å². The molecule has 0 saturated carbocycles. The minimum atomic E-state index is 0.380. The Kier molecular flexibility index (Phi) is 4.91. The van der Waals surface area contributed by atoms with Crippen LogP contribution in [0.1, 0.15) is 33.6 Å². The number of anilines is 2. The van der Waals surface area contributed by atoms with Gasteiger partial charge in [-0.25, -0.2) is 9.97 Å². The zero-order valence-electron chi connectivity index (χ0n) is 12.1. The molecule has 19 heavy (non-hydrogen) atoms. The van der Waals surface area contributed by atoms with E-state index in [-0.39, 0.29) is 0 Å². The van der Waals surface area contributed by atoms with Gasteiger partial charge in [-0.1, -0.05) is 20.8 Å². The largest absolute Gasteiger partial charge is 0.370 e. The van der Waals surface area contributed by atoms with E-state index in [1.165, 1.54) is 6.42 Å². The van der Waals surface area contributed by atoms with Crippen LogP contribution in [0.5, 0.6) is 0 Å². The van der Waals surface area contributed by atoms with Gasteiger partial charge in [0.2, 0.25) is 0 Å². The number of rotatable bonds is 4. The Hall–Kier alpha value is -0.970. The van der Waals surface area contributed by atoms with Gasteiger partial charge in [0.05, 0.1) is 0 Å². The number of nitrogens with one attached hydrogen (secondary N) is 1. The second-order valence-electron chi connectivity index (χ2n) is 5.53. The van der Waals surface area contributed by atoms with E-state index in [0.29, 0.717) is 4.75 Å². The van der Waals surface area contributed by atoms with Gasteiger partial charge in [0.25, 0.3) is 0 Å². The summed E-state index contributed by atoms with van der Waals surface area (Å²) >= 11 is 2.06. The summed E-state index contributed by atoms with van der Waals surface area (Å²) in [5.74, 6) is 3.14. The summed E-state index contributed by atoms with van der Waals surface area (Å²) in [7, 11) is 0. The summed E-state index contributed by atoms with van der Waals surface area (Å²) in [6.07, 6.45) is 3.96. The summed E-state index contributed by atoms with van der Waals surface area (Å²) in [4.78, 5) is 11.1. The van der Waals surface area contributed by atoms with Gasteiger partial charge in [-0.2, -0.15) is 11.8 Å². The zero-order valence-corrected chi connectivity index (χ0v) is 13.0. The summed E-state index contributed by atoms with van der Waals surface area (Å²) in [6.45, 7) is 9.91. The molecule has 1 aromatic rings. The molecule has 2 heterocycles. The lowest BCUT2D eigenvalue weighted by atomic mass is 10.1. The highest BCUT2D eigenvalue weighted by atomic mass is 32.2. The van der Waals surface area contributed by atoms with Crippen molar-refractivity contribution >= 4 is 23.4 Å². The minimum Gasteiger partial charge on any atom is -0.370 e. The van der Waals surface area contributed by atoms with Crippen molar-refractivity contribution in [3.05, 3.63) is 12.4 Å². The van der Waals surface area contributed by atoms with Gasteiger partial charge in [0.15, 0.2) is 0 Å². The van der Waals surface area contributed by atoms with E-state index < -0.39 is 0 Å². The lowest BCUT2D eigenvalue weighted by Gasteiger charge is -2.23. The number of hydrogen-bond donors (Lipinski definition) is 1. The smallest absolute Gasteiger partial charge is 0.134 e. The van der Waals surface area contributed by atoms with Crippen LogP contribution in [-0.2, 0) is 0 Å². The summed E-state index contributed by atoms with van der Waals surface area (Å²) in [5, 5.41) is 3.32. The quantitative estimate of drug-likeness (QED) is 0.918. The van der Waals surface area contributed by atoms with E-state index in [4.69, 9.17) is 0 Å². The molecule has 2 rings (SSSR count). The van der Waals surface area contributed by atoms with Gasteiger partial charge in [0, 0.05) is 36.2 Å². The number of aromatic nitrogens is 2. The first-order valence-electron chi connectivity index (χ1n) is 7.05. The van der Waals surface area contributed by atoms with Gasteiger partial charge in [-0.15, -0.1) is 0 Å². The van der Waals surface area contributed by atoms with Gasteiger partial charge < -0.3 is 10.2 Å². The normalized spacial score (nSPS) is 19.0. The van der Waals surface area contributed by atoms with Gasteiger partial charge in [-0.3, -0.25) is 0 Å². The zero-order chi connectivity index (χ0) is 13.7. The molecule has 0 aliphatic carbocycles. The average molecular weight is 280 g/mol. The van der Waals surface area contributed by atoms with Crippen LogP contribution >= 0.6 is 11.8 Å². The first kappa shape index (κ1) is 14.4. The molecule has 1 N–H and O–H groups in total. The first-order chi connectivity index (χ1) is 9.11. The molecule has 106 valence electrons. The third-order valence-corrected chi connectivity index (χ3v) is 4.74. The third-order valence-electron chi connectivity index (χ3n) is 3.37. The molecule has 1 saturated heterocycles. The minimum absolute atomic E-state index is 0.380. The molecule has 1 aliphatic rings. The second-order valence-corrected chi connectivity index (χ2v) is 7.34. The summed E-state index contributed by atoms with van der Waals surface area (Å²) in [5.41, 5.74) is 0. The maximum absolute atomic E-state index is 4.43. The Morgan fingerprint density at radius 2 is 2.21 bits per heavy atom. The Bertz CT molecular complexity index is 408. The fraction of sp³-hybridized carbons (Fsp3) is 0.714. The van der Waals surface area contributed by atoms with Crippen LogP contribution in [-0.4, -0.2) is 40.1 Å². The molecular weight excluding hydrogens is 256 g/mol. The lowest BCUT2D eigenvalue weighted by Crippen LogP contribution is -2.27. The van der Waals surface area contributed by atoms with Crippen molar-refractivity contribution in [1.82, 2.24) is 9.97 Å². The van der Waals surface area contributed by atoms with Crippen LogP contribution in [0.15, 0.2) is 12.4 Å². The molecule has 4 nitrogen and oxygen atoms in total. The van der Waals surface area contributed by atoms with Crippen LogP contribution in [0.2, 0.25) is 0 Å². The van der Waals surface area contributed by atoms with E-state index >= 15 is 0 Å². The average Bonchev–Trinajstić information content (AvgIpc) is 2.58. The molecule has 1 fully saturated rings. The Morgan fingerprint density at radius 1 is 1.37 bits per heavy atom. The maximum atomic E-state index is 4.43. The van der Waals surface area contributed by atoms with Gasteiger partial charge in [0.1, 0.15) is 18.0 Å². The highest BCUT2D eigenvalue weighted by molar-refractivity contribution is 8.00. The number of nitrogens with zero attached hydrogens (tertiary/aromatic N) is 3. The van der Waals surface area contributed by atoms with Crippen molar-refractivity contribution < 1.29 is 0 Å². The number of thioether (sulfide) groups is 1. The van der Waals surface area contributed by atoms with Crippen LogP contribution in [0.3, 0.4) is 0 Å². The van der Waals surface area contributed by atoms with Crippen LogP contribution < -0.4 is 10.2 Å². The Balaban J connectivity index is 2.04. The number of hydrogen-bond acceptors (Lipinski definition) is 5. The van der Waals surface area contributed by atoms with E-state index in [9.17, 15) is 0 Å². The first-order valence-corrected chi connectivity index (χ1v) is 8.04. The third kappa shape index (κ3) is 4.27.